The molecule has 1 nitrogen and oxygen atoms in total. The number of halogens is 6. The molecule has 1 N–H and O–H groups in total. The zero-order valence-corrected chi connectivity index (χ0v) is 10.6. The van der Waals surface area contributed by atoms with E-state index in [2.05, 4.69) is 5.32 Å². The summed E-state index contributed by atoms with van der Waals surface area (Å²) in [5.41, 5.74) is -3.11. The molecular formula is C13H13F6N. The van der Waals surface area contributed by atoms with E-state index in [1.807, 2.05) is 0 Å². The van der Waals surface area contributed by atoms with E-state index in [4.69, 9.17) is 0 Å². The Kier molecular flexibility index (Phi) is 3.52. The third-order valence-electron chi connectivity index (χ3n) is 3.52. The van der Waals surface area contributed by atoms with Gasteiger partial charge in [0.05, 0.1) is 5.56 Å². The Hall–Kier alpha value is -1.24. The van der Waals surface area contributed by atoms with Crippen molar-refractivity contribution in [3.63, 3.8) is 0 Å². The highest BCUT2D eigenvalue weighted by atomic mass is 19.4. The van der Waals surface area contributed by atoms with Gasteiger partial charge >= 0.3 is 12.4 Å². The monoisotopic (exact) mass is 297 g/mol. The van der Waals surface area contributed by atoms with E-state index in [9.17, 15) is 26.3 Å². The summed E-state index contributed by atoms with van der Waals surface area (Å²) in [7, 11) is 0. The molecule has 7 heteroatoms. The first-order valence-corrected chi connectivity index (χ1v) is 6.07. The topological polar surface area (TPSA) is 12.0 Å². The van der Waals surface area contributed by atoms with Crippen LogP contribution in [0.25, 0.3) is 0 Å². The van der Waals surface area contributed by atoms with Gasteiger partial charge in [-0.3, -0.25) is 5.32 Å². The van der Waals surface area contributed by atoms with Gasteiger partial charge in [-0.1, -0.05) is 18.2 Å². The number of hydrogen-bond donors (Lipinski definition) is 1. The number of benzene rings is 1. The molecule has 0 spiro atoms. The van der Waals surface area contributed by atoms with Crippen molar-refractivity contribution >= 4 is 0 Å². The zero-order valence-electron chi connectivity index (χ0n) is 10.6. The van der Waals surface area contributed by atoms with Gasteiger partial charge in [-0.05, 0) is 31.4 Å². The summed E-state index contributed by atoms with van der Waals surface area (Å²) in [4.78, 5) is 0. The molecule has 112 valence electrons. The summed E-state index contributed by atoms with van der Waals surface area (Å²) >= 11 is 0. The molecular weight excluding hydrogens is 284 g/mol. The maximum atomic E-state index is 12.8. The second kappa shape index (κ2) is 4.65. The van der Waals surface area contributed by atoms with Crippen LogP contribution in [0.4, 0.5) is 26.3 Å². The quantitative estimate of drug-likeness (QED) is 0.813. The van der Waals surface area contributed by atoms with Gasteiger partial charge in [0.15, 0.2) is 0 Å². The number of hydrogen-bond acceptors (Lipinski definition) is 1. The molecule has 0 saturated heterocycles. The van der Waals surface area contributed by atoms with E-state index >= 15 is 0 Å². The van der Waals surface area contributed by atoms with E-state index in [0.29, 0.717) is 0 Å². The van der Waals surface area contributed by atoms with Crippen molar-refractivity contribution in [2.75, 3.05) is 0 Å². The van der Waals surface area contributed by atoms with Crippen molar-refractivity contribution in [2.24, 2.45) is 0 Å². The first-order chi connectivity index (χ1) is 9.07. The van der Waals surface area contributed by atoms with Gasteiger partial charge in [0, 0.05) is 6.04 Å². The standard InChI is InChI=1S/C13H13F6N/c1-8(20-11(6-7-11)13(17,18)19)9-4-2-3-5-10(9)12(14,15)16/h2-5,8,20H,6-7H2,1H3. The van der Waals surface area contributed by atoms with E-state index in [0.717, 1.165) is 6.07 Å². The lowest BCUT2D eigenvalue weighted by molar-refractivity contribution is -0.168. The smallest absolute Gasteiger partial charge is 0.297 e. The summed E-state index contributed by atoms with van der Waals surface area (Å²) in [6.07, 6.45) is -9.24. The molecule has 1 unspecified atom stereocenters. The fourth-order valence-corrected chi connectivity index (χ4v) is 2.26. The number of nitrogens with one attached hydrogen (secondary N) is 1. The van der Waals surface area contributed by atoms with Crippen LogP contribution in [0.2, 0.25) is 0 Å². The molecule has 1 atom stereocenters. The van der Waals surface area contributed by atoms with Crippen LogP contribution in [-0.2, 0) is 6.18 Å². The highest BCUT2D eigenvalue weighted by Crippen LogP contribution is 2.50. The summed E-state index contributed by atoms with van der Waals surface area (Å²) < 4.78 is 77.0. The second-order valence-corrected chi connectivity index (χ2v) is 5.03. The molecule has 0 aliphatic heterocycles. The Morgan fingerprint density at radius 2 is 1.60 bits per heavy atom. The fourth-order valence-electron chi connectivity index (χ4n) is 2.26. The summed E-state index contributed by atoms with van der Waals surface area (Å²) in [6.45, 7) is 1.32. The summed E-state index contributed by atoms with van der Waals surface area (Å²) in [5, 5.41) is 2.31. The molecule has 0 radical (unpaired) electrons. The van der Waals surface area contributed by atoms with Gasteiger partial charge < -0.3 is 0 Å². The van der Waals surface area contributed by atoms with Crippen molar-refractivity contribution in [3.8, 4) is 0 Å². The zero-order chi connectivity index (χ0) is 15.2. The van der Waals surface area contributed by atoms with Gasteiger partial charge in [-0.25, -0.2) is 0 Å². The molecule has 1 aliphatic rings. The lowest BCUT2D eigenvalue weighted by Crippen LogP contribution is -2.46. The Morgan fingerprint density at radius 1 is 1.05 bits per heavy atom. The van der Waals surface area contributed by atoms with Gasteiger partial charge in [0.1, 0.15) is 5.54 Å². The van der Waals surface area contributed by atoms with Crippen LogP contribution in [0.3, 0.4) is 0 Å². The van der Waals surface area contributed by atoms with Crippen LogP contribution in [0.5, 0.6) is 0 Å². The van der Waals surface area contributed by atoms with Crippen molar-refractivity contribution in [1.29, 1.82) is 0 Å². The van der Waals surface area contributed by atoms with E-state index in [1.165, 1.54) is 25.1 Å². The minimum Gasteiger partial charge on any atom is -0.297 e. The number of rotatable bonds is 3. The lowest BCUT2D eigenvalue weighted by Gasteiger charge is -2.27. The molecule has 0 amide bonds. The van der Waals surface area contributed by atoms with Crippen LogP contribution in [-0.4, -0.2) is 11.7 Å². The first-order valence-electron chi connectivity index (χ1n) is 6.07. The summed E-state index contributed by atoms with van der Waals surface area (Å²) in [5.74, 6) is 0. The predicted octanol–water partition coefficient (Wildman–Crippen LogP) is 4.45. The third-order valence-corrected chi connectivity index (χ3v) is 3.52. The average molecular weight is 297 g/mol. The van der Waals surface area contributed by atoms with Crippen molar-refractivity contribution in [3.05, 3.63) is 35.4 Å². The Bertz CT molecular complexity index is 486. The van der Waals surface area contributed by atoms with Gasteiger partial charge in [0.2, 0.25) is 0 Å². The molecule has 2 rings (SSSR count). The van der Waals surface area contributed by atoms with Crippen LogP contribution >= 0.6 is 0 Å². The highest BCUT2D eigenvalue weighted by molar-refractivity contribution is 5.32. The normalized spacial score (nSPS) is 19.8. The Balaban J connectivity index is 2.25. The minimum absolute atomic E-state index is 0.102. The van der Waals surface area contributed by atoms with Crippen LogP contribution in [0.1, 0.15) is 36.9 Å². The van der Waals surface area contributed by atoms with Crippen LogP contribution in [0, 0.1) is 0 Å². The van der Waals surface area contributed by atoms with Crippen molar-refractivity contribution < 1.29 is 26.3 Å². The molecule has 1 aromatic carbocycles. The SMILES string of the molecule is CC(NC1(C(F)(F)F)CC1)c1ccccc1C(F)(F)F. The molecule has 20 heavy (non-hydrogen) atoms. The van der Waals surface area contributed by atoms with Gasteiger partial charge in [0.25, 0.3) is 0 Å². The Labute approximate surface area is 112 Å². The molecule has 1 aromatic rings. The maximum absolute atomic E-state index is 12.8. The molecule has 1 saturated carbocycles. The van der Waals surface area contributed by atoms with Crippen molar-refractivity contribution in [1.82, 2.24) is 5.32 Å². The molecule has 0 heterocycles. The van der Waals surface area contributed by atoms with E-state index < -0.39 is 29.5 Å². The van der Waals surface area contributed by atoms with Crippen LogP contribution in [0.15, 0.2) is 24.3 Å². The summed E-state index contributed by atoms with van der Waals surface area (Å²) in [6, 6.07) is 3.65. The Morgan fingerprint density at radius 3 is 2.05 bits per heavy atom. The largest absolute Gasteiger partial charge is 0.416 e. The molecule has 1 aliphatic carbocycles. The molecule has 0 bridgehead atoms. The van der Waals surface area contributed by atoms with Crippen molar-refractivity contribution in [2.45, 2.75) is 43.7 Å². The third kappa shape index (κ3) is 2.77. The molecule has 1 fully saturated rings. The second-order valence-electron chi connectivity index (χ2n) is 5.03. The maximum Gasteiger partial charge on any atom is 0.416 e. The lowest BCUT2D eigenvalue weighted by atomic mass is 10.00. The minimum atomic E-state index is -4.58. The first kappa shape index (κ1) is 15.2. The van der Waals surface area contributed by atoms with E-state index in [-0.39, 0.29) is 18.4 Å². The predicted molar refractivity (Wildman–Crippen MR) is 61.0 cm³/mol. The number of alkyl halides is 6. The fraction of sp³-hybridized carbons (Fsp3) is 0.538. The molecule has 0 aromatic heterocycles. The van der Waals surface area contributed by atoms with Gasteiger partial charge in [-0.2, -0.15) is 26.3 Å². The van der Waals surface area contributed by atoms with E-state index in [1.54, 1.807) is 0 Å². The van der Waals surface area contributed by atoms with Crippen LogP contribution < -0.4 is 5.32 Å². The van der Waals surface area contributed by atoms with Gasteiger partial charge in [-0.15, -0.1) is 0 Å². The average Bonchev–Trinajstić information content (AvgIpc) is 3.08. The highest BCUT2D eigenvalue weighted by Gasteiger charge is 2.63.